The van der Waals surface area contributed by atoms with Crippen LogP contribution in [-0.4, -0.2) is 25.5 Å². The highest BCUT2D eigenvalue weighted by Crippen LogP contribution is 2.20. The number of hydrogen-bond donors (Lipinski definition) is 1. The molecule has 0 bridgehead atoms. The Hall–Kier alpha value is -2.63. The van der Waals surface area contributed by atoms with Crippen LogP contribution in [0, 0.1) is 0 Å². The summed E-state index contributed by atoms with van der Waals surface area (Å²) < 4.78 is 2.77. The van der Waals surface area contributed by atoms with Crippen LogP contribution in [0.5, 0.6) is 0 Å². The first-order valence-corrected chi connectivity index (χ1v) is 5.43. The van der Waals surface area contributed by atoms with Crippen molar-refractivity contribution >= 4 is 22.6 Å². The van der Waals surface area contributed by atoms with Crippen molar-refractivity contribution in [1.29, 1.82) is 0 Å². The summed E-state index contributed by atoms with van der Waals surface area (Å²) in [5.74, 6) is 0.0660. The molecule has 0 spiro atoms. The molecule has 2 aromatic heterocycles. The third kappa shape index (κ3) is 1.46. The Labute approximate surface area is 103 Å². The molecule has 0 aliphatic rings. The zero-order chi connectivity index (χ0) is 12.7. The number of carbonyl (C=O) groups is 1. The van der Waals surface area contributed by atoms with Crippen molar-refractivity contribution in [2.75, 3.05) is 5.73 Å². The van der Waals surface area contributed by atoms with Gasteiger partial charge in [0.1, 0.15) is 5.82 Å². The highest BCUT2D eigenvalue weighted by Gasteiger charge is 2.16. The Balaban J connectivity index is 2.14. The Morgan fingerprint density at radius 3 is 2.78 bits per heavy atom. The minimum absolute atomic E-state index is 0.281. The van der Waals surface area contributed by atoms with Gasteiger partial charge in [-0.15, -0.1) is 0 Å². The predicted molar refractivity (Wildman–Crippen MR) is 67.1 cm³/mol. The van der Waals surface area contributed by atoms with Crippen molar-refractivity contribution in [2.45, 2.75) is 0 Å². The van der Waals surface area contributed by atoms with Crippen molar-refractivity contribution in [2.24, 2.45) is 7.05 Å². The molecule has 1 aromatic carbocycles. The highest BCUT2D eigenvalue weighted by molar-refractivity contribution is 6.01. The predicted octanol–water partition coefficient (Wildman–Crippen LogP) is 1.04. The van der Waals surface area contributed by atoms with E-state index in [0.717, 1.165) is 5.39 Å². The largest absolute Gasteiger partial charge is 0.383 e. The van der Waals surface area contributed by atoms with E-state index in [-0.39, 0.29) is 5.91 Å². The molecule has 2 heterocycles. The van der Waals surface area contributed by atoms with Crippen molar-refractivity contribution in [3.8, 4) is 0 Å². The molecule has 90 valence electrons. The molecule has 3 aromatic rings. The SMILES string of the molecule is Cn1cc(C(=O)n2nc3ccccc3c2N)cn1. The number of anilines is 1. The fourth-order valence-corrected chi connectivity index (χ4v) is 1.86. The van der Waals surface area contributed by atoms with E-state index in [0.29, 0.717) is 16.9 Å². The molecule has 0 fully saturated rings. The standard InChI is InChI=1S/C12H11N5O/c1-16-7-8(6-14-16)12(18)17-11(13)9-4-2-3-5-10(9)15-17/h2-7H,13H2,1H3. The lowest BCUT2D eigenvalue weighted by Gasteiger charge is -1.99. The maximum atomic E-state index is 12.2. The van der Waals surface area contributed by atoms with Gasteiger partial charge in [-0.2, -0.15) is 14.9 Å². The molecule has 0 atom stereocenters. The average molecular weight is 241 g/mol. The van der Waals surface area contributed by atoms with Crippen molar-refractivity contribution in [1.82, 2.24) is 19.6 Å². The molecule has 0 saturated carbocycles. The van der Waals surface area contributed by atoms with Crippen LogP contribution in [-0.2, 0) is 7.05 Å². The van der Waals surface area contributed by atoms with Crippen LogP contribution >= 0.6 is 0 Å². The second-order valence-corrected chi connectivity index (χ2v) is 4.02. The summed E-state index contributed by atoms with van der Waals surface area (Å²) in [5.41, 5.74) is 7.09. The summed E-state index contributed by atoms with van der Waals surface area (Å²) in [5, 5.41) is 8.94. The summed E-state index contributed by atoms with van der Waals surface area (Å²) in [4.78, 5) is 12.2. The third-order valence-corrected chi connectivity index (χ3v) is 2.76. The van der Waals surface area contributed by atoms with Gasteiger partial charge in [-0.25, -0.2) is 0 Å². The molecular weight excluding hydrogens is 230 g/mol. The first kappa shape index (κ1) is 10.5. The number of nitrogens with two attached hydrogens (primary N) is 1. The summed E-state index contributed by atoms with van der Waals surface area (Å²) in [6.45, 7) is 0. The number of aromatic nitrogens is 4. The summed E-state index contributed by atoms with van der Waals surface area (Å²) >= 11 is 0. The molecule has 3 rings (SSSR count). The smallest absolute Gasteiger partial charge is 0.283 e. The maximum absolute atomic E-state index is 12.2. The van der Waals surface area contributed by atoms with Crippen molar-refractivity contribution in [3.05, 3.63) is 42.2 Å². The van der Waals surface area contributed by atoms with Crippen molar-refractivity contribution < 1.29 is 4.79 Å². The number of benzene rings is 1. The number of hydrogen-bond acceptors (Lipinski definition) is 4. The van der Waals surface area contributed by atoms with Crippen LogP contribution in [0.25, 0.3) is 10.9 Å². The quantitative estimate of drug-likeness (QED) is 0.690. The zero-order valence-electron chi connectivity index (χ0n) is 9.74. The van der Waals surface area contributed by atoms with Crippen LogP contribution in [0.4, 0.5) is 5.82 Å². The maximum Gasteiger partial charge on any atom is 0.283 e. The summed E-state index contributed by atoms with van der Waals surface area (Å²) in [6, 6.07) is 7.37. The molecule has 0 aliphatic carbocycles. The van der Waals surface area contributed by atoms with E-state index in [1.54, 1.807) is 17.9 Å². The molecule has 0 amide bonds. The fourth-order valence-electron chi connectivity index (χ4n) is 1.86. The van der Waals surface area contributed by atoms with Gasteiger partial charge in [-0.3, -0.25) is 9.48 Å². The molecule has 0 saturated heterocycles. The molecule has 0 radical (unpaired) electrons. The number of nitrogens with zero attached hydrogens (tertiary/aromatic N) is 4. The van der Waals surface area contributed by atoms with E-state index in [4.69, 9.17) is 5.73 Å². The summed E-state index contributed by atoms with van der Waals surface area (Å²) in [7, 11) is 1.75. The number of aryl methyl sites for hydroxylation is 1. The molecule has 2 N–H and O–H groups in total. The van der Waals surface area contributed by atoms with Gasteiger partial charge in [0.25, 0.3) is 5.91 Å². The van der Waals surface area contributed by atoms with Crippen LogP contribution < -0.4 is 5.73 Å². The fraction of sp³-hybridized carbons (Fsp3) is 0.0833. The number of fused-ring (bicyclic) bond motifs is 1. The van der Waals surface area contributed by atoms with Gasteiger partial charge >= 0.3 is 0 Å². The van der Waals surface area contributed by atoms with E-state index in [1.165, 1.54) is 10.9 Å². The minimum Gasteiger partial charge on any atom is -0.383 e. The second-order valence-electron chi connectivity index (χ2n) is 4.02. The van der Waals surface area contributed by atoms with Gasteiger partial charge in [-0.1, -0.05) is 12.1 Å². The lowest BCUT2D eigenvalue weighted by atomic mass is 10.2. The van der Waals surface area contributed by atoms with E-state index in [1.807, 2.05) is 24.3 Å². The topological polar surface area (TPSA) is 78.7 Å². The van der Waals surface area contributed by atoms with E-state index in [9.17, 15) is 4.79 Å². The highest BCUT2D eigenvalue weighted by atomic mass is 16.2. The molecule has 0 unspecified atom stereocenters. The first-order valence-electron chi connectivity index (χ1n) is 5.43. The first-order chi connectivity index (χ1) is 8.66. The van der Waals surface area contributed by atoms with Crippen LogP contribution in [0.2, 0.25) is 0 Å². The van der Waals surface area contributed by atoms with Crippen LogP contribution in [0.3, 0.4) is 0 Å². The monoisotopic (exact) mass is 241 g/mol. The molecule has 6 nitrogen and oxygen atoms in total. The lowest BCUT2D eigenvalue weighted by Crippen LogP contribution is -2.15. The van der Waals surface area contributed by atoms with E-state index in [2.05, 4.69) is 10.2 Å². The molecular formula is C12H11N5O. The molecule has 6 heteroatoms. The Morgan fingerprint density at radius 2 is 2.11 bits per heavy atom. The molecule has 18 heavy (non-hydrogen) atoms. The Kier molecular flexibility index (Phi) is 2.16. The van der Waals surface area contributed by atoms with Gasteiger partial charge < -0.3 is 5.73 Å². The Bertz CT molecular complexity index is 740. The van der Waals surface area contributed by atoms with E-state index < -0.39 is 0 Å². The second kappa shape index (κ2) is 3.69. The Morgan fingerprint density at radius 1 is 1.33 bits per heavy atom. The van der Waals surface area contributed by atoms with Gasteiger partial charge in [0.05, 0.1) is 17.3 Å². The average Bonchev–Trinajstić information content (AvgIpc) is 2.94. The van der Waals surface area contributed by atoms with Gasteiger partial charge in [-0.05, 0) is 12.1 Å². The number of carbonyl (C=O) groups excluding carboxylic acids is 1. The van der Waals surface area contributed by atoms with Crippen LogP contribution in [0.1, 0.15) is 10.4 Å². The van der Waals surface area contributed by atoms with Gasteiger partial charge in [0.2, 0.25) is 0 Å². The summed E-state index contributed by atoms with van der Waals surface area (Å²) in [6.07, 6.45) is 3.13. The normalized spacial score (nSPS) is 10.9. The van der Waals surface area contributed by atoms with Gasteiger partial charge in [0.15, 0.2) is 0 Å². The van der Waals surface area contributed by atoms with Gasteiger partial charge in [0, 0.05) is 18.6 Å². The number of rotatable bonds is 1. The van der Waals surface area contributed by atoms with Crippen LogP contribution in [0.15, 0.2) is 36.7 Å². The van der Waals surface area contributed by atoms with E-state index >= 15 is 0 Å². The number of nitrogen functional groups attached to an aromatic ring is 1. The third-order valence-electron chi connectivity index (χ3n) is 2.76. The minimum atomic E-state index is -0.281. The zero-order valence-corrected chi connectivity index (χ0v) is 9.74. The lowest BCUT2D eigenvalue weighted by molar-refractivity contribution is 0.0948. The van der Waals surface area contributed by atoms with Crippen molar-refractivity contribution in [3.63, 3.8) is 0 Å². The molecule has 0 aliphatic heterocycles.